The van der Waals surface area contributed by atoms with Gasteiger partial charge in [0.05, 0.1) is 10.9 Å². The van der Waals surface area contributed by atoms with Crippen LogP contribution in [0, 0.1) is 0 Å². The lowest BCUT2D eigenvalue weighted by Gasteiger charge is -2.32. The molecule has 0 spiro atoms. The van der Waals surface area contributed by atoms with Crippen molar-refractivity contribution in [3.63, 3.8) is 0 Å². The molecule has 0 radical (unpaired) electrons. The topological polar surface area (TPSA) is 106 Å². The summed E-state index contributed by atoms with van der Waals surface area (Å²) < 4.78 is 0. The predicted octanol–water partition coefficient (Wildman–Crippen LogP) is 2.10. The lowest BCUT2D eigenvalue weighted by Crippen LogP contribution is -2.46. The summed E-state index contributed by atoms with van der Waals surface area (Å²) in [6, 6.07) is 3.74. The van der Waals surface area contributed by atoms with Gasteiger partial charge < -0.3 is 16.4 Å². The van der Waals surface area contributed by atoms with Crippen LogP contribution in [0.25, 0.3) is 11.0 Å². The van der Waals surface area contributed by atoms with E-state index in [0.717, 1.165) is 24.6 Å². The fourth-order valence-corrected chi connectivity index (χ4v) is 2.44. The van der Waals surface area contributed by atoms with Crippen molar-refractivity contribution in [3.8, 4) is 0 Å². The van der Waals surface area contributed by atoms with Gasteiger partial charge in [0.15, 0.2) is 5.65 Å². The molecule has 1 amide bonds. The average molecular weight is 316 g/mol. The van der Waals surface area contributed by atoms with Crippen LogP contribution in [0.5, 0.6) is 0 Å². The maximum absolute atomic E-state index is 11.3. The molecule has 0 aliphatic carbocycles. The van der Waals surface area contributed by atoms with Crippen molar-refractivity contribution < 1.29 is 4.79 Å². The predicted molar refractivity (Wildman–Crippen MR) is 92.0 cm³/mol. The third-order valence-corrected chi connectivity index (χ3v) is 3.72. The zero-order valence-corrected chi connectivity index (χ0v) is 13.9. The molecule has 7 nitrogen and oxygen atoms in total. The van der Waals surface area contributed by atoms with Crippen molar-refractivity contribution in [3.05, 3.63) is 18.3 Å². The van der Waals surface area contributed by atoms with E-state index in [1.807, 2.05) is 12.1 Å². The highest BCUT2D eigenvalue weighted by Crippen LogP contribution is 2.25. The number of nitrogens with one attached hydrogen (secondary N) is 2. The van der Waals surface area contributed by atoms with Crippen LogP contribution in [0.4, 0.5) is 11.8 Å². The summed E-state index contributed by atoms with van der Waals surface area (Å²) in [6.07, 6.45) is 4.69. The minimum atomic E-state index is -0.328. The average Bonchev–Trinajstić information content (AvgIpc) is 2.51. The first kappa shape index (κ1) is 16.9. The van der Waals surface area contributed by atoms with Crippen LogP contribution in [-0.2, 0) is 4.79 Å². The highest BCUT2D eigenvalue weighted by Gasteiger charge is 2.25. The second kappa shape index (κ2) is 7.21. The minimum Gasteiger partial charge on any atom is -0.368 e. The molecule has 2 rings (SSSR count). The van der Waals surface area contributed by atoms with E-state index in [1.165, 1.54) is 6.92 Å². The normalized spacial score (nSPS) is 13.5. The number of carbonyl (C=O) groups is 1. The molecule has 0 saturated carbocycles. The highest BCUT2D eigenvalue weighted by molar-refractivity contribution is 5.87. The first-order valence-corrected chi connectivity index (χ1v) is 7.84. The van der Waals surface area contributed by atoms with Gasteiger partial charge in [0.2, 0.25) is 11.9 Å². The van der Waals surface area contributed by atoms with Gasteiger partial charge in [-0.15, -0.1) is 0 Å². The van der Waals surface area contributed by atoms with Crippen molar-refractivity contribution in [1.29, 1.82) is 0 Å². The molecule has 1 atom stereocenters. The van der Waals surface area contributed by atoms with E-state index in [1.54, 1.807) is 6.20 Å². The molecular formula is C16H24N6O. The number of aromatic nitrogens is 3. The van der Waals surface area contributed by atoms with Crippen molar-refractivity contribution in [2.75, 3.05) is 17.6 Å². The fourth-order valence-electron chi connectivity index (χ4n) is 2.44. The molecule has 0 aliphatic rings. The molecule has 4 N–H and O–H groups in total. The Morgan fingerprint density at radius 1 is 1.39 bits per heavy atom. The van der Waals surface area contributed by atoms with Gasteiger partial charge in [-0.3, -0.25) is 4.79 Å². The van der Waals surface area contributed by atoms with Crippen LogP contribution in [0.1, 0.15) is 40.0 Å². The number of amides is 1. The Morgan fingerprint density at radius 2 is 2.17 bits per heavy atom. The molecule has 124 valence electrons. The molecule has 23 heavy (non-hydrogen) atoms. The first-order valence-electron chi connectivity index (χ1n) is 7.84. The minimum absolute atomic E-state index is 0.0525. The Balaban J connectivity index is 2.33. The molecule has 0 unspecified atom stereocenters. The van der Waals surface area contributed by atoms with Crippen LogP contribution < -0.4 is 16.4 Å². The second-order valence-corrected chi connectivity index (χ2v) is 6.00. The van der Waals surface area contributed by atoms with E-state index in [0.29, 0.717) is 18.0 Å². The molecule has 0 saturated heterocycles. The number of nitrogen functional groups attached to an aromatic ring is 1. The highest BCUT2D eigenvalue weighted by atomic mass is 16.1. The Kier molecular flexibility index (Phi) is 5.31. The third-order valence-electron chi connectivity index (χ3n) is 3.72. The summed E-state index contributed by atoms with van der Waals surface area (Å²) in [6.45, 7) is 6.23. The van der Waals surface area contributed by atoms with Gasteiger partial charge in [-0.05, 0) is 25.5 Å². The molecule has 0 aromatic carbocycles. The number of unbranched alkanes of at least 4 members (excludes halogenated alkanes) is 1. The van der Waals surface area contributed by atoms with E-state index in [2.05, 4.69) is 39.4 Å². The summed E-state index contributed by atoms with van der Waals surface area (Å²) in [7, 11) is 0. The smallest absolute Gasteiger partial charge is 0.224 e. The Morgan fingerprint density at radius 3 is 2.87 bits per heavy atom. The number of fused-ring (bicyclic) bond motifs is 1. The summed E-state index contributed by atoms with van der Waals surface area (Å²) in [4.78, 5) is 24.0. The Hall–Kier alpha value is -2.44. The van der Waals surface area contributed by atoms with Crippen molar-refractivity contribution in [2.45, 2.75) is 45.6 Å². The Bertz CT molecular complexity index is 689. The zero-order chi connectivity index (χ0) is 16.9. The number of pyridine rings is 1. The summed E-state index contributed by atoms with van der Waals surface area (Å²) in [5, 5.41) is 7.14. The third kappa shape index (κ3) is 4.51. The summed E-state index contributed by atoms with van der Waals surface area (Å²) >= 11 is 0. The lowest BCUT2D eigenvalue weighted by atomic mass is 9.94. The van der Waals surface area contributed by atoms with Gasteiger partial charge in [0, 0.05) is 19.7 Å². The fraction of sp³-hybridized carbons (Fsp3) is 0.500. The molecule has 0 bridgehead atoms. The van der Waals surface area contributed by atoms with Crippen molar-refractivity contribution >= 4 is 28.7 Å². The standard InChI is InChI=1S/C16H24N6O/c1-4-5-8-16(3,10-19-11(2)23)22-14-12-7-6-9-18-13(12)20-15(17)21-14/h6-7,9H,4-5,8,10H2,1-3H3,(H,19,23)(H3,17,18,20,21,22)/t16-/m1/s1. The summed E-state index contributed by atoms with van der Waals surface area (Å²) in [5.41, 5.74) is 6.02. The van der Waals surface area contributed by atoms with Crippen LogP contribution in [0.3, 0.4) is 0 Å². The van der Waals surface area contributed by atoms with E-state index in [9.17, 15) is 4.79 Å². The molecular weight excluding hydrogens is 292 g/mol. The van der Waals surface area contributed by atoms with E-state index in [4.69, 9.17) is 5.73 Å². The van der Waals surface area contributed by atoms with Gasteiger partial charge in [0.1, 0.15) is 5.82 Å². The molecule has 2 aromatic rings. The van der Waals surface area contributed by atoms with Crippen LogP contribution in [0.15, 0.2) is 18.3 Å². The van der Waals surface area contributed by atoms with Gasteiger partial charge in [0.25, 0.3) is 0 Å². The largest absolute Gasteiger partial charge is 0.368 e. The van der Waals surface area contributed by atoms with E-state index < -0.39 is 0 Å². The zero-order valence-electron chi connectivity index (χ0n) is 13.9. The quantitative estimate of drug-likeness (QED) is 0.722. The maximum Gasteiger partial charge on any atom is 0.224 e. The monoisotopic (exact) mass is 316 g/mol. The van der Waals surface area contributed by atoms with E-state index >= 15 is 0 Å². The van der Waals surface area contributed by atoms with Crippen molar-refractivity contribution in [2.24, 2.45) is 0 Å². The Labute approximate surface area is 136 Å². The number of nitrogens with two attached hydrogens (primary N) is 1. The van der Waals surface area contributed by atoms with Crippen LogP contribution in [-0.4, -0.2) is 32.9 Å². The maximum atomic E-state index is 11.3. The number of hydrogen-bond donors (Lipinski definition) is 3. The van der Waals surface area contributed by atoms with Gasteiger partial charge >= 0.3 is 0 Å². The molecule has 7 heteroatoms. The van der Waals surface area contributed by atoms with Gasteiger partial charge in [-0.25, -0.2) is 4.98 Å². The van der Waals surface area contributed by atoms with Crippen molar-refractivity contribution in [1.82, 2.24) is 20.3 Å². The van der Waals surface area contributed by atoms with Crippen LogP contribution in [0.2, 0.25) is 0 Å². The second-order valence-electron chi connectivity index (χ2n) is 6.00. The molecule has 0 fully saturated rings. The lowest BCUT2D eigenvalue weighted by molar-refractivity contribution is -0.119. The number of rotatable bonds is 7. The van der Waals surface area contributed by atoms with Crippen LogP contribution >= 0.6 is 0 Å². The SMILES string of the molecule is CCCC[C@](C)(CNC(C)=O)Nc1nc(N)nc2ncccc12. The number of anilines is 2. The first-order chi connectivity index (χ1) is 10.9. The number of carbonyl (C=O) groups excluding carboxylic acids is 1. The summed E-state index contributed by atoms with van der Waals surface area (Å²) in [5.74, 6) is 0.767. The molecule has 2 aromatic heterocycles. The van der Waals surface area contributed by atoms with Gasteiger partial charge in [-0.1, -0.05) is 19.8 Å². The number of nitrogens with zero attached hydrogens (tertiary/aromatic N) is 3. The molecule has 2 heterocycles. The number of hydrogen-bond acceptors (Lipinski definition) is 6. The van der Waals surface area contributed by atoms with E-state index in [-0.39, 0.29) is 17.4 Å². The van der Waals surface area contributed by atoms with Gasteiger partial charge in [-0.2, -0.15) is 9.97 Å². The molecule has 0 aliphatic heterocycles.